The average Bonchev–Trinajstić information content (AvgIpc) is 2.85. The van der Waals surface area contributed by atoms with Crippen molar-refractivity contribution < 1.29 is 39.1 Å². The van der Waals surface area contributed by atoms with Gasteiger partial charge in [-0.3, -0.25) is 4.79 Å². The Kier molecular flexibility index (Phi) is 11.6. The van der Waals surface area contributed by atoms with Gasteiger partial charge in [-0.25, -0.2) is 4.79 Å². The van der Waals surface area contributed by atoms with Crippen LogP contribution < -0.4 is 11.1 Å². The Labute approximate surface area is 224 Å². The molecule has 1 aromatic carbocycles. The summed E-state index contributed by atoms with van der Waals surface area (Å²) in [6, 6.07) is 2.92. The van der Waals surface area contributed by atoms with Crippen LogP contribution in [-0.4, -0.2) is 66.0 Å². The van der Waals surface area contributed by atoms with E-state index in [1.54, 1.807) is 26.0 Å². The number of benzene rings is 1. The summed E-state index contributed by atoms with van der Waals surface area (Å²) in [4.78, 5) is 24.5. The van der Waals surface area contributed by atoms with Crippen LogP contribution >= 0.6 is 0 Å². The molecule has 38 heavy (non-hydrogen) atoms. The topological polar surface area (TPSA) is 161 Å². The minimum atomic E-state index is -0.945. The van der Waals surface area contributed by atoms with E-state index in [1.165, 1.54) is 20.3 Å². The largest absolute Gasteiger partial charge is 0.504 e. The third-order valence-electron chi connectivity index (χ3n) is 6.97. The van der Waals surface area contributed by atoms with E-state index < -0.39 is 30.5 Å². The molecule has 0 aliphatic carbocycles. The minimum absolute atomic E-state index is 0.0596. The lowest BCUT2D eigenvalue weighted by molar-refractivity contribution is -0.112. The highest BCUT2D eigenvalue weighted by Gasteiger charge is 2.30. The number of hydrogen-bond donors (Lipinski definition) is 5. The van der Waals surface area contributed by atoms with Crippen molar-refractivity contribution in [1.82, 2.24) is 0 Å². The summed E-state index contributed by atoms with van der Waals surface area (Å²) >= 11 is 0. The maximum Gasteiger partial charge on any atom is 0.405 e. The second kappa shape index (κ2) is 14.2. The molecule has 6 N–H and O–H groups in total. The highest BCUT2D eigenvalue weighted by atomic mass is 16.6. The van der Waals surface area contributed by atoms with Crippen LogP contribution in [0.15, 0.2) is 35.4 Å². The summed E-state index contributed by atoms with van der Waals surface area (Å²) < 4.78 is 16.6. The zero-order valence-electron chi connectivity index (χ0n) is 23.1. The van der Waals surface area contributed by atoms with Crippen LogP contribution in [0.3, 0.4) is 0 Å². The summed E-state index contributed by atoms with van der Waals surface area (Å²) in [5.74, 6) is -1.37. The molecule has 6 atom stereocenters. The van der Waals surface area contributed by atoms with Crippen LogP contribution in [0, 0.1) is 11.8 Å². The number of primary amides is 1. The van der Waals surface area contributed by atoms with Crippen LogP contribution in [0.5, 0.6) is 11.5 Å². The molecule has 10 heteroatoms. The van der Waals surface area contributed by atoms with Crippen molar-refractivity contribution in [1.29, 1.82) is 0 Å². The predicted octanol–water partition coefficient (Wildman–Crippen LogP) is 3.78. The van der Waals surface area contributed by atoms with Crippen molar-refractivity contribution in [2.24, 2.45) is 17.6 Å². The third kappa shape index (κ3) is 8.47. The van der Waals surface area contributed by atoms with Gasteiger partial charge in [0.15, 0.2) is 17.6 Å². The van der Waals surface area contributed by atoms with Gasteiger partial charge in [-0.15, -0.1) is 0 Å². The van der Waals surface area contributed by atoms with E-state index >= 15 is 0 Å². The molecule has 0 unspecified atom stereocenters. The molecule has 0 spiro atoms. The van der Waals surface area contributed by atoms with Gasteiger partial charge >= 0.3 is 6.09 Å². The van der Waals surface area contributed by atoms with Crippen LogP contribution in [-0.2, 0) is 25.4 Å². The first kappa shape index (κ1) is 31.1. The Bertz CT molecular complexity index is 1040. The molecule has 2 bridgehead atoms. The van der Waals surface area contributed by atoms with E-state index in [0.717, 1.165) is 0 Å². The number of nitrogens with two attached hydrogens (primary N) is 1. The smallest absolute Gasteiger partial charge is 0.405 e. The number of phenols is 2. The Balaban J connectivity index is 2.51. The lowest BCUT2D eigenvalue weighted by atomic mass is 9.88. The normalized spacial score (nSPS) is 30.9. The quantitative estimate of drug-likeness (QED) is 0.222. The average molecular weight is 535 g/mol. The number of nitrogens with one attached hydrogen (secondary N) is 1. The van der Waals surface area contributed by atoms with Crippen LogP contribution in [0.1, 0.15) is 52.5 Å². The molecule has 10 nitrogen and oxygen atoms in total. The molecular formula is C28H42N2O8. The van der Waals surface area contributed by atoms with Crippen LogP contribution in [0.2, 0.25) is 0 Å². The Hall–Kier alpha value is -3.08. The Morgan fingerprint density at radius 2 is 1.76 bits per heavy atom. The maximum atomic E-state index is 12.8. The molecular weight excluding hydrogens is 492 g/mol. The van der Waals surface area contributed by atoms with E-state index in [1.807, 2.05) is 19.9 Å². The van der Waals surface area contributed by atoms with E-state index in [9.17, 15) is 24.9 Å². The van der Waals surface area contributed by atoms with Gasteiger partial charge in [0.1, 0.15) is 0 Å². The minimum Gasteiger partial charge on any atom is -0.504 e. The van der Waals surface area contributed by atoms with Gasteiger partial charge in [0.2, 0.25) is 0 Å². The van der Waals surface area contributed by atoms with E-state index in [4.69, 9.17) is 19.9 Å². The van der Waals surface area contributed by atoms with Crippen molar-refractivity contribution in [2.75, 3.05) is 19.5 Å². The van der Waals surface area contributed by atoms with Crippen molar-refractivity contribution in [3.05, 3.63) is 41.0 Å². The molecule has 0 saturated heterocycles. The molecule has 0 fully saturated rings. The number of fused-ring (bicyclic) bond motifs is 2. The highest BCUT2D eigenvalue weighted by Crippen LogP contribution is 2.35. The number of aliphatic hydroxyl groups is 1. The van der Waals surface area contributed by atoms with Gasteiger partial charge in [0, 0.05) is 43.0 Å². The Morgan fingerprint density at radius 3 is 2.37 bits per heavy atom. The summed E-state index contributed by atoms with van der Waals surface area (Å²) in [5, 5.41) is 34.6. The number of allylic oxidation sites excluding steroid dienone is 1. The second-order valence-electron chi connectivity index (χ2n) is 10.1. The van der Waals surface area contributed by atoms with Crippen molar-refractivity contribution in [3.8, 4) is 11.5 Å². The van der Waals surface area contributed by atoms with E-state index in [2.05, 4.69) is 5.32 Å². The first-order chi connectivity index (χ1) is 17.9. The first-order valence-corrected chi connectivity index (χ1v) is 12.8. The monoisotopic (exact) mass is 534 g/mol. The molecule has 0 aromatic heterocycles. The third-order valence-corrected chi connectivity index (χ3v) is 6.97. The van der Waals surface area contributed by atoms with Crippen LogP contribution in [0.25, 0.3) is 0 Å². The molecule has 212 valence electrons. The number of hydrogen-bond acceptors (Lipinski definition) is 8. The summed E-state index contributed by atoms with van der Waals surface area (Å²) in [7, 11) is 3.03. The number of aromatic hydroxyl groups is 2. The second-order valence-corrected chi connectivity index (χ2v) is 10.1. The van der Waals surface area contributed by atoms with E-state index in [-0.39, 0.29) is 29.2 Å². The fraction of sp³-hybridized carbons (Fsp3) is 0.571. The van der Waals surface area contributed by atoms with Crippen molar-refractivity contribution in [3.63, 3.8) is 0 Å². The number of ether oxygens (including phenoxy) is 3. The van der Waals surface area contributed by atoms with Gasteiger partial charge in [0.05, 0.1) is 18.3 Å². The molecule has 2 amide bonds. The standard InChI is InChI=1S/C28H42N2O8/c1-15-10-19-13-20(14-21(31)25(19)33)30-27(34)16(2)8-7-9-22(36-5)26(38-28(29)35)18(4)12-17(3)24(32)23(11-15)37-6/h8,12-15,17,22-24,26,31-33H,7,9-11H2,1-6H3,(H2,29,35)(H,30,34)/b16-8-,18-12-/t15-,17+,22+,23+,24-,26+/m1/s1. The van der Waals surface area contributed by atoms with Gasteiger partial charge in [-0.05, 0) is 57.1 Å². The number of aliphatic hydroxyl groups excluding tert-OH is 1. The lowest BCUT2D eigenvalue weighted by Gasteiger charge is -2.30. The SMILES string of the molecule is CO[C@H]1C[C@H](C)Cc2cc(cc(O)c2O)NC(=O)/C(C)=C\CC[C@H](OC)[C@@H](OC(N)=O)/C(C)=C\[C@H](C)[C@H]1O. The summed E-state index contributed by atoms with van der Waals surface area (Å²) in [6.07, 6.45) is 1.55. The zero-order chi connectivity index (χ0) is 28.6. The lowest BCUT2D eigenvalue weighted by Crippen LogP contribution is -2.37. The molecule has 1 aliphatic heterocycles. The molecule has 0 radical (unpaired) electrons. The zero-order valence-corrected chi connectivity index (χ0v) is 23.1. The molecule has 2 rings (SSSR count). The maximum absolute atomic E-state index is 12.8. The number of rotatable bonds is 3. The summed E-state index contributed by atoms with van der Waals surface area (Å²) in [5.41, 5.74) is 7.27. The van der Waals surface area contributed by atoms with Gasteiger partial charge in [0.25, 0.3) is 5.91 Å². The number of methoxy groups -OCH3 is 2. The first-order valence-electron chi connectivity index (χ1n) is 12.8. The fourth-order valence-corrected chi connectivity index (χ4v) is 4.85. The van der Waals surface area contributed by atoms with E-state index in [0.29, 0.717) is 48.1 Å². The Morgan fingerprint density at radius 1 is 1.11 bits per heavy atom. The number of phenolic OH excluding ortho intramolecular Hbond substituents is 2. The molecule has 1 aliphatic rings. The summed E-state index contributed by atoms with van der Waals surface area (Å²) in [6.45, 7) is 7.24. The molecule has 0 saturated carbocycles. The van der Waals surface area contributed by atoms with Gasteiger partial charge in [-0.1, -0.05) is 26.0 Å². The molecule has 1 aromatic rings. The van der Waals surface area contributed by atoms with Crippen molar-refractivity contribution in [2.45, 2.75) is 77.8 Å². The van der Waals surface area contributed by atoms with Gasteiger partial charge < -0.3 is 40.6 Å². The van der Waals surface area contributed by atoms with Gasteiger partial charge in [-0.2, -0.15) is 0 Å². The number of carbonyl (C=O) groups is 2. The fourth-order valence-electron chi connectivity index (χ4n) is 4.85. The van der Waals surface area contributed by atoms with Crippen LogP contribution in [0.4, 0.5) is 10.5 Å². The predicted molar refractivity (Wildman–Crippen MR) is 144 cm³/mol. The molecule has 1 heterocycles. The number of anilines is 1. The number of amides is 2. The highest BCUT2D eigenvalue weighted by molar-refractivity contribution is 6.03. The van der Waals surface area contributed by atoms with Crippen molar-refractivity contribution >= 4 is 17.7 Å². The number of carbonyl (C=O) groups excluding carboxylic acids is 2.